The summed E-state index contributed by atoms with van der Waals surface area (Å²) in [6.07, 6.45) is 44.9. The van der Waals surface area contributed by atoms with Crippen LogP contribution in [0.4, 0.5) is 0 Å². The summed E-state index contributed by atoms with van der Waals surface area (Å²) >= 11 is 0. The van der Waals surface area contributed by atoms with E-state index >= 15 is 0 Å². The second kappa shape index (κ2) is 39.3. The molecule has 48 heavy (non-hydrogen) atoms. The highest BCUT2D eigenvalue weighted by Crippen LogP contribution is 2.15. The summed E-state index contributed by atoms with van der Waals surface area (Å²) < 4.78 is 10.7. The average molecular weight is 672 g/mol. The Balaban J connectivity index is 3.62. The van der Waals surface area contributed by atoms with Crippen LogP contribution in [0, 0.1) is 11.3 Å². The van der Waals surface area contributed by atoms with Crippen molar-refractivity contribution in [1.29, 1.82) is 5.26 Å². The Labute approximate surface area is 298 Å². The molecule has 5 nitrogen and oxygen atoms in total. The largest absolute Gasteiger partial charge is 0.461 e. The minimum absolute atomic E-state index is 0.00384. The summed E-state index contributed by atoms with van der Waals surface area (Å²) in [5.41, 5.74) is 0.520. The third kappa shape index (κ3) is 36.7. The van der Waals surface area contributed by atoms with Crippen LogP contribution in [0.3, 0.4) is 0 Å². The van der Waals surface area contributed by atoms with Crippen molar-refractivity contribution in [2.45, 2.75) is 219 Å². The van der Waals surface area contributed by atoms with Crippen molar-refractivity contribution in [1.82, 2.24) is 0 Å². The first-order valence-corrected chi connectivity index (χ1v) is 20.7. The second-order valence-electron chi connectivity index (χ2n) is 14.0. The number of carbonyl (C=O) groups is 2. The number of esters is 2. The van der Waals surface area contributed by atoms with Gasteiger partial charge < -0.3 is 9.47 Å². The third-order valence-corrected chi connectivity index (χ3v) is 9.23. The maximum atomic E-state index is 12.2. The molecule has 0 aliphatic rings. The molecule has 0 saturated carbocycles. The second-order valence-corrected chi connectivity index (χ2v) is 14.0. The van der Waals surface area contributed by atoms with Gasteiger partial charge in [0, 0.05) is 24.5 Å². The molecule has 0 unspecified atom stereocenters. The highest BCUT2D eigenvalue weighted by Gasteiger charge is 2.09. The Morgan fingerprint density at radius 3 is 1.06 bits per heavy atom. The van der Waals surface area contributed by atoms with Crippen molar-refractivity contribution >= 4 is 11.9 Å². The zero-order valence-corrected chi connectivity index (χ0v) is 31.9. The van der Waals surface area contributed by atoms with Gasteiger partial charge in [-0.05, 0) is 38.5 Å². The number of hydrogen-bond donors (Lipinski definition) is 0. The Hall–Kier alpha value is -2.09. The number of nitrogens with zero attached hydrogens (tertiary/aromatic N) is 1. The molecular formula is C43H77NO4. The number of nitriles is 1. The molecule has 0 fully saturated rings. The van der Waals surface area contributed by atoms with Gasteiger partial charge in [-0.3, -0.25) is 9.59 Å². The molecule has 0 aliphatic heterocycles. The molecule has 0 rings (SSSR count). The van der Waals surface area contributed by atoms with E-state index in [-0.39, 0.29) is 25.2 Å². The SMILES string of the molecule is CCCCCCCCC=CCCCCCCCC(=O)OCC(=CC#N)COC(=O)CCCCCCCCCCCCCCCCCCC. The molecule has 0 aromatic heterocycles. The highest BCUT2D eigenvalue weighted by atomic mass is 16.5. The van der Waals surface area contributed by atoms with Gasteiger partial charge >= 0.3 is 11.9 Å². The van der Waals surface area contributed by atoms with Gasteiger partial charge in [0.2, 0.25) is 0 Å². The molecule has 0 amide bonds. The maximum Gasteiger partial charge on any atom is 0.306 e. The van der Waals surface area contributed by atoms with Crippen LogP contribution in [-0.4, -0.2) is 25.2 Å². The number of allylic oxidation sites excluding steroid dienone is 3. The lowest BCUT2D eigenvalue weighted by Gasteiger charge is -2.09. The van der Waals surface area contributed by atoms with Gasteiger partial charge in [-0.1, -0.05) is 180 Å². The van der Waals surface area contributed by atoms with Gasteiger partial charge in [0.15, 0.2) is 0 Å². The fraction of sp³-hybridized carbons (Fsp3) is 0.837. The minimum atomic E-state index is -0.258. The number of unbranched alkanes of at least 4 members (excludes halogenated alkanes) is 27. The average Bonchev–Trinajstić information content (AvgIpc) is 3.09. The van der Waals surface area contributed by atoms with Crippen LogP contribution in [0.5, 0.6) is 0 Å². The van der Waals surface area contributed by atoms with Crippen molar-refractivity contribution < 1.29 is 19.1 Å². The number of rotatable bonds is 37. The maximum absolute atomic E-state index is 12.2. The molecule has 0 bridgehead atoms. The number of ether oxygens (including phenoxy) is 2. The molecule has 278 valence electrons. The van der Waals surface area contributed by atoms with E-state index in [0.29, 0.717) is 18.4 Å². The molecule has 0 heterocycles. The van der Waals surface area contributed by atoms with E-state index in [1.165, 1.54) is 154 Å². The van der Waals surface area contributed by atoms with Crippen LogP contribution in [0.15, 0.2) is 23.8 Å². The third-order valence-electron chi connectivity index (χ3n) is 9.23. The van der Waals surface area contributed by atoms with E-state index in [9.17, 15) is 9.59 Å². The Bertz CT molecular complexity index is 812. The summed E-state index contributed by atoms with van der Waals surface area (Å²) in [4.78, 5) is 24.3. The van der Waals surface area contributed by atoms with Crippen molar-refractivity contribution in [3.63, 3.8) is 0 Å². The first-order valence-electron chi connectivity index (χ1n) is 20.7. The summed E-state index contributed by atoms with van der Waals surface area (Å²) in [6, 6.07) is 1.97. The van der Waals surface area contributed by atoms with Gasteiger partial charge in [-0.15, -0.1) is 0 Å². The molecule has 5 heteroatoms. The van der Waals surface area contributed by atoms with E-state index < -0.39 is 0 Å². The molecule has 0 aromatic carbocycles. The van der Waals surface area contributed by atoms with Crippen molar-refractivity contribution in [3.05, 3.63) is 23.8 Å². The summed E-state index contributed by atoms with van der Waals surface area (Å²) in [7, 11) is 0. The van der Waals surface area contributed by atoms with E-state index in [1.807, 2.05) is 6.07 Å². The molecule has 0 aromatic rings. The van der Waals surface area contributed by atoms with Crippen LogP contribution >= 0.6 is 0 Å². The zero-order chi connectivity index (χ0) is 35.0. The van der Waals surface area contributed by atoms with Crippen molar-refractivity contribution in [3.8, 4) is 6.07 Å². The molecule has 0 radical (unpaired) electrons. The van der Waals surface area contributed by atoms with Crippen LogP contribution in [0.25, 0.3) is 0 Å². The normalized spacial score (nSPS) is 11.6. The van der Waals surface area contributed by atoms with Gasteiger partial charge in [-0.2, -0.15) is 5.26 Å². The summed E-state index contributed by atoms with van der Waals surface area (Å²) in [6.45, 7) is 4.55. The predicted octanol–water partition coefficient (Wildman–Crippen LogP) is 13.6. The molecule has 0 saturated heterocycles. The van der Waals surface area contributed by atoms with Crippen molar-refractivity contribution in [2.75, 3.05) is 13.2 Å². The predicted molar refractivity (Wildman–Crippen MR) is 204 cm³/mol. The molecule has 0 aliphatic carbocycles. The minimum Gasteiger partial charge on any atom is -0.461 e. The standard InChI is InChI=1S/C43H77NO4/c1-3-5-7-9-11-13-15-17-19-20-22-24-26-28-30-32-34-36-43(46)48-40-41(37-38-44)39-47-42(45)35-33-31-29-27-25-23-21-18-16-14-12-10-8-6-4-2/h18,21,37H,3-17,19-20,22-36,39-40H2,1-2H3. The lowest BCUT2D eigenvalue weighted by Crippen LogP contribution is -2.13. The van der Waals surface area contributed by atoms with Crippen LogP contribution < -0.4 is 0 Å². The fourth-order valence-electron chi connectivity index (χ4n) is 6.04. The highest BCUT2D eigenvalue weighted by molar-refractivity contribution is 5.70. The molecule has 0 N–H and O–H groups in total. The monoisotopic (exact) mass is 672 g/mol. The van der Waals surface area contributed by atoms with E-state index in [1.54, 1.807) is 0 Å². The van der Waals surface area contributed by atoms with Gasteiger partial charge in [-0.25, -0.2) is 0 Å². The molecule has 0 spiro atoms. The lowest BCUT2D eigenvalue weighted by atomic mass is 10.0. The van der Waals surface area contributed by atoms with E-state index in [2.05, 4.69) is 26.0 Å². The topological polar surface area (TPSA) is 76.4 Å². The van der Waals surface area contributed by atoms with Gasteiger partial charge in [0.05, 0.1) is 6.07 Å². The van der Waals surface area contributed by atoms with Crippen LogP contribution in [0.1, 0.15) is 219 Å². The smallest absolute Gasteiger partial charge is 0.306 e. The Morgan fingerprint density at radius 2 is 0.750 bits per heavy atom. The van der Waals surface area contributed by atoms with Crippen LogP contribution in [-0.2, 0) is 19.1 Å². The number of carbonyl (C=O) groups excluding carboxylic acids is 2. The Kier molecular flexibility index (Phi) is 37.6. The van der Waals surface area contributed by atoms with Gasteiger partial charge in [0.1, 0.15) is 13.2 Å². The zero-order valence-electron chi connectivity index (χ0n) is 31.9. The fourth-order valence-corrected chi connectivity index (χ4v) is 6.04. The lowest BCUT2D eigenvalue weighted by molar-refractivity contribution is -0.144. The molecular weight excluding hydrogens is 594 g/mol. The summed E-state index contributed by atoms with van der Waals surface area (Å²) in [5, 5.41) is 9.07. The van der Waals surface area contributed by atoms with E-state index in [0.717, 1.165) is 44.9 Å². The van der Waals surface area contributed by atoms with Crippen molar-refractivity contribution in [2.24, 2.45) is 0 Å². The quantitative estimate of drug-likeness (QED) is 0.0284. The Morgan fingerprint density at radius 1 is 0.458 bits per heavy atom. The first-order chi connectivity index (χ1) is 23.6. The van der Waals surface area contributed by atoms with Gasteiger partial charge in [0.25, 0.3) is 0 Å². The first kappa shape index (κ1) is 45.9. The molecule has 0 atom stereocenters. The van der Waals surface area contributed by atoms with E-state index in [4.69, 9.17) is 14.7 Å². The van der Waals surface area contributed by atoms with Crippen LogP contribution in [0.2, 0.25) is 0 Å². The summed E-state index contributed by atoms with van der Waals surface area (Å²) in [5.74, 6) is -0.509. The number of hydrogen-bond acceptors (Lipinski definition) is 5.